The summed E-state index contributed by atoms with van der Waals surface area (Å²) in [6, 6.07) is 7.42. The van der Waals surface area contributed by atoms with Crippen LogP contribution in [0.1, 0.15) is 28.8 Å². The summed E-state index contributed by atoms with van der Waals surface area (Å²) < 4.78 is 53.1. The van der Waals surface area contributed by atoms with Crippen LogP contribution in [0.2, 0.25) is 0 Å². The number of benzene rings is 2. The predicted octanol–water partition coefficient (Wildman–Crippen LogP) is 3.97. The molecule has 3 N–H and O–H groups in total. The van der Waals surface area contributed by atoms with Gasteiger partial charge in [-0.05, 0) is 43.2 Å². The highest BCUT2D eigenvalue weighted by molar-refractivity contribution is 6.06. The number of amides is 1. The molecule has 0 spiro atoms. The van der Waals surface area contributed by atoms with Gasteiger partial charge in [-0.3, -0.25) is 4.79 Å². The molecular weight excluding hydrogens is 414 g/mol. The zero-order valence-electron chi connectivity index (χ0n) is 16.3. The molecule has 0 radical (unpaired) electrons. The van der Waals surface area contributed by atoms with Crippen molar-refractivity contribution >= 4 is 28.3 Å². The van der Waals surface area contributed by atoms with Crippen molar-refractivity contribution in [2.75, 3.05) is 23.3 Å². The fourth-order valence-electron chi connectivity index (χ4n) is 3.84. The minimum absolute atomic E-state index is 0.151. The van der Waals surface area contributed by atoms with Crippen molar-refractivity contribution < 1.29 is 22.4 Å². The first-order valence-corrected chi connectivity index (χ1v) is 9.65. The van der Waals surface area contributed by atoms with Gasteiger partial charge in [-0.1, -0.05) is 6.07 Å². The number of hydrogen-bond donors (Lipinski definition) is 2. The number of nitrogens with zero attached hydrogens (tertiary/aromatic N) is 3. The number of nitrogens with two attached hydrogens (primary N) is 1. The zero-order chi connectivity index (χ0) is 22.2. The van der Waals surface area contributed by atoms with Gasteiger partial charge in [-0.25, -0.2) is 14.4 Å². The van der Waals surface area contributed by atoms with E-state index >= 15 is 0 Å². The summed E-state index contributed by atoms with van der Waals surface area (Å²) in [5.74, 6) is -1.04. The van der Waals surface area contributed by atoms with Crippen LogP contribution >= 0.6 is 0 Å². The summed E-state index contributed by atoms with van der Waals surface area (Å²) in [5, 5.41) is 3.90. The normalized spacial score (nSPS) is 17.0. The van der Waals surface area contributed by atoms with E-state index in [9.17, 15) is 22.4 Å². The molecule has 1 aliphatic heterocycles. The molecule has 1 aliphatic rings. The molecule has 4 rings (SSSR count). The lowest BCUT2D eigenvalue weighted by Gasteiger charge is -2.35. The van der Waals surface area contributed by atoms with E-state index in [1.807, 2.05) is 0 Å². The van der Waals surface area contributed by atoms with Crippen molar-refractivity contribution in [1.82, 2.24) is 9.97 Å². The molecule has 0 bridgehead atoms. The van der Waals surface area contributed by atoms with Crippen molar-refractivity contribution in [2.24, 2.45) is 5.73 Å². The van der Waals surface area contributed by atoms with Crippen molar-refractivity contribution in [1.29, 1.82) is 0 Å². The molecule has 0 saturated carbocycles. The van der Waals surface area contributed by atoms with Crippen LogP contribution in [0.15, 0.2) is 42.7 Å². The molecule has 2 aromatic carbocycles. The molecule has 1 amide bonds. The Labute approximate surface area is 175 Å². The Morgan fingerprint density at radius 3 is 2.74 bits per heavy atom. The number of halogens is 4. The highest BCUT2D eigenvalue weighted by atomic mass is 19.4. The van der Waals surface area contributed by atoms with E-state index in [0.29, 0.717) is 42.3 Å². The first-order valence-electron chi connectivity index (χ1n) is 9.65. The molecule has 162 valence electrons. The van der Waals surface area contributed by atoms with Crippen LogP contribution in [0.5, 0.6) is 0 Å². The van der Waals surface area contributed by atoms with Crippen molar-refractivity contribution in [3.8, 4) is 0 Å². The number of primary amides is 1. The number of carbonyl (C=O) groups excluding carboxylic acids is 1. The van der Waals surface area contributed by atoms with E-state index in [1.54, 1.807) is 23.1 Å². The predicted molar refractivity (Wildman–Crippen MR) is 108 cm³/mol. The number of fused-ring (bicyclic) bond motifs is 1. The fourth-order valence-corrected chi connectivity index (χ4v) is 3.84. The third kappa shape index (κ3) is 4.37. The number of hydrogen-bond acceptors (Lipinski definition) is 5. The second-order valence-corrected chi connectivity index (χ2v) is 7.41. The van der Waals surface area contributed by atoms with Gasteiger partial charge in [-0.2, -0.15) is 13.2 Å². The van der Waals surface area contributed by atoms with Crippen LogP contribution in [-0.2, 0) is 6.18 Å². The third-order valence-corrected chi connectivity index (χ3v) is 5.27. The van der Waals surface area contributed by atoms with E-state index in [-0.39, 0.29) is 17.3 Å². The average molecular weight is 433 g/mol. The third-order valence-electron chi connectivity index (χ3n) is 5.27. The van der Waals surface area contributed by atoms with Crippen LogP contribution in [-0.4, -0.2) is 35.0 Å². The lowest BCUT2D eigenvalue weighted by Crippen LogP contribution is -2.42. The van der Waals surface area contributed by atoms with E-state index in [0.717, 1.165) is 18.6 Å². The van der Waals surface area contributed by atoms with Gasteiger partial charge in [0.05, 0.1) is 16.6 Å². The molecule has 1 unspecified atom stereocenters. The van der Waals surface area contributed by atoms with Gasteiger partial charge in [-0.15, -0.1) is 0 Å². The van der Waals surface area contributed by atoms with Crippen molar-refractivity contribution in [2.45, 2.75) is 25.1 Å². The highest BCUT2D eigenvalue weighted by Gasteiger charge is 2.32. The molecule has 1 saturated heterocycles. The average Bonchev–Trinajstić information content (AvgIpc) is 2.72. The number of carbonyl (C=O) groups is 1. The Hall–Kier alpha value is -3.43. The summed E-state index contributed by atoms with van der Waals surface area (Å²) in [6.07, 6.45) is -1.85. The van der Waals surface area contributed by atoms with Gasteiger partial charge in [0.15, 0.2) is 0 Å². The Kier molecular flexibility index (Phi) is 5.38. The van der Waals surface area contributed by atoms with Crippen LogP contribution < -0.4 is 16.0 Å². The molecule has 2 heterocycles. The Bertz CT molecular complexity index is 1130. The largest absolute Gasteiger partial charge is 0.416 e. The smallest absolute Gasteiger partial charge is 0.369 e. The van der Waals surface area contributed by atoms with E-state index in [4.69, 9.17) is 5.73 Å². The van der Waals surface area contributed by atoms with Gasteiger partial charge in [0, 0.05) is 30.2 Å². The molecule has 10 heteroatoms. The van der Waals surface area contributed by atoms with Crippen LogP contribution in [0.3, 0.4) is 0 Å². The molecule has 6 nitrogen and oxygen atoms in total. The number of rotatable bonds is 4. The summed E-state index contributed by atoms with van der Waals surface area (Å²) in [7, 11) is 0. The van der Waals surface area contributed by atoms with Gasteiger partial charge in [0.25, 0.3) is 5.91 Å². The minimum Gasteiger partial charge on any atom is -0.369 e. The van der Waals surface area contributed by atoms with E-state index in [1.165, 1.54) is 6.33 Å². The van der Waals surface area contributed by atoms with Gasteiger partial charge in [0.1, 0.15) is 18.0 Å². The Balaban J connectivity index is 1.59. The minimum atomic E-state index is -4.62. The molecule has 0 aliphatic carbocycles. The first kappa shape index (κ1) is 20.8. The summed E-state index contributed by atoms with van der Waals surface area (Å²) >= 11 is 0. The molecule has 1 atom stereocenters. The second-order valence-electron chi connectivity index (χ2n) is 7.41. The number of anilines is 2. The lowest BCUT2D eigenvalue weighted by molar-refractivity contribution is -0.137. The number of para-hydroxylation sites is 1. The lowest BCUT2D eigenvalue weighted by atomic mass is 10.0. The summed E-state index contributed by atoms with van der Waals surface area (Å²) in [4.78, 5) is 21.8. The maximum atomic E-state index is 13.8. The van der Waals surface area contributed by atoms with Crippen molar-refractivity contribution in [3.63, 3.8) is 0 Å². The SMILES string of the molecule is NC(=O)c1cccc2c(NC3CCCN(c4cc(F)cc(C(F)(F)F)c4)C3)ncnc12. The first-order chi connectivity index (χ1) is 14.7. The quantitative estimate of drug-likeness (QED) is 0.609. The zero-order valence-corrected chi connectivity index (χ0v) is 16.3. The monoisotopic (exact) mass is 433 g/mol. The second kappa shape index (κ2) is 8.01. The number of piperidine rings is 1. The summed E-state index contributed by atoms with van der Waals surface area (Å²) in [5.41, 5.74) is 5.27. The van der Waals surface area contributed by atoms with Gasteiger partial charge >= 0.3 is 6.18 Å². The molecule has 1 aromatic heterocycles. The van der Waals surface area contributed by atoms with E-state index in [2.05, 4.69) is 15.3 Å². The van der Waals surface area contributed by atoms with Gasteiger partial charge < -0.3 is 16.0 Å². The Morgan fingerprint density at radius 2 is 2.00 bits per heavy atom. The summed E-state index contributed by atoms with van der Waals surface area (Å²) in [6.45, 7) is 0.872. The van der Waals surface area contributed by atoms with Gasteiger partial charge in [0.2, 0.25) is 0 Å². The maximum Gasteiger partial charge on any atom is 0.416 e. The van der Waals surface area contributed by atoms with Crippen molar-refractivity contribution in [3.05, 3.63) is 59.7 Å². The molecule has 31 heavy (non-hydrogen) atoms. The number of nitrogens with one attached hydrogen (secondary N) is 1. The number of alkyl halides is 3. The number of aromatic nitrogens is 2. The molecular formula is C21H19F4N5O. The fraction of sp³-hybridized carbons (Fsp3) is 0.286. The topological polar surface area (TPSA) is 84.1 Å². The molecule has 1 fully saturated rings. The standard InChI is InChI=1S/C21H19F4N5O/c22-13-7-12(21(23,24)25)8-15(9-13)30-6-2-3-14(10-30)29-20-17-5-1-4-16(19(26)31)18(17)27-11-28-20/h1,4-5,7-9,11,14H,2-3,6,10H2,(H2,26,31)(H,27,28,29). The van der Waals surface area contributed by atoms with Crippen LogP contribution in [0, 0.1) is 5.82 Å². The van der Waals surface area contributed by atoms with Crippen LogP contribution in [0.25, 0.3) is 10.9 Å². The maximum absolute atomic E-state index is 13.8. The molecule has 3 aromatic rings. The Morgan fingerprint density at radius 1 is 1.19 bits per heavy atom. The highest BCUT2D eigenvalue weighted by Crippen LogP contribution is 2.34. The van der Waals surface area contributed by atoms with E-state index < -0.39 is 23.5 Å². The van der Waals surface area contributed by atoms with Crippen LogP contribution in [0.4, 0.5) is 29.1 Å².